The Morgan fingerprint density at radius 2 is 2.14 bits per heavy atom. The first kappa shape index (κ1) is 10.6. The predicted octanol–water partition coefficient (Wildman–Crippen LogP) is 0.475. The Kier molecular flexibility index (Phi) is 2.80. The Balaban J connectivity index is 2.88. The number of carboxylic acid groups (broad SMARTS) is 1. The fourth-order valence-corrected chi connectivity index (χ4v) is 1.79. The molecular formula is C10H13NO3. The number of carbonyl (C=O) groups excluding carboxylic acids is 1. The molecule has 1 heterocycles. The molecule has 0 aliphatic carbocycles. The van der Waals surface area contributed by atoms with Gasteiger partial charge in [-0.3, -0.25) is 4.79 Å². The van der Waals surface area contributed by atoms with E-state index in [1.807, 2.05) is 0 Å². The van der Waals surface area contributed by atoms with Gasteiger partial charge < -0.3 is 10.0 Å². The smallest absolute Gasteiger partial charge is 0.381 e. The zero-order valence-electron chi connectivity index (χ0n) is 8.33. The third-order valence-corrected chi connectivity index (χ3v) is 2.46. The van der Waals surface area contributed by atoms with Gasteiger partial charge in [0.1, 0.15) is 5.54 Å². The van der Waals surface area contributed by atoms with Crippen LogP contribution in [-0.4, -0.2) is 34.0 Å². The lowest BCUT2D eigenvalue weighted by molar-refractivity contribution is -0.132. The molecule has 4 heteroatoms. The minimum absolute atomic E-state index is 0.0512. The second kappa shape index (κ2) is 3.70. The molecule has 0 aromatic heterocycles. The van der Waals surface area contributed by atoms with E-state index in [1.165, 1.54) is 6.92 Å². The summed E-state index contributed by atoms with van der Waals surface area (Å²) in [5.74, 6) is 3.53. The molecule has 0 aromatic rings. The molecule has 0 aromatic carbocycles. The van der Waals surface area contributed by atoms with Crippen molar-refractivity contribution >= 4 is 11.9 Å². The van der Waals surface area contributed by atoms with Crippen LogP contribution in [0.2, 0.25) is 0 Å². The Hall–Kier alpha value is -1.50. The van der Waals surface area contributed by atoms with E-state index in [2.05, 4.69) is 11.8 Å². The molecule has 14 heavy (non-hydrogen) atoms. The number of carbonyl (C=O) groups is 2. The van der Waals surface area contributed by atoms with Gasteiger partial charge in [0.15, 0.2) is 0 Å². The summed E-state index contributed by atoms with van der Waals surface area (Å²) < 4.78 is 0. The highest BCUT2D eigenvalue weighted by Crippen LogP contribution is 2.27. The zero-order valence-corrected chi connectivity index (χ0v) is 8.33. The van der Waals surface area contributed by atoms with Crippen molar-refractivity contribution in [1.29, 1.82) is 0 Å². The third kappa shape index (κ3) is 2.05. The van der Waals surface area contributed by atoms with E-state index >= 15 is 0 Å². The van der Waals surface area contributed by atoms with Crippen molar-refractivity contribution in [3.63, 3.8) is 0 Å². The Bertz CT molecular complexity index is 326. The lowest BCUT2D eigenvalue weighted by atomic mass is 10.00. The Morgan fingerprint density at radius 3 is 2.64 bits per heavy atom. The van der Waals surface area contributed by atoms with Crippen molar-refractivity contribution in [3.8, 4) is 11.8 Å². The van der Waals surface area contributed by atoms with E-state index in [-0.39, 0.29) is 5.91 Å². The highest BCUT2D eigenvalue weighted by molar-refractivity contribution is 5.87. The fourth-order valence-electron chi connectivity index (χ4n) is 1.79. The SMILES string of the molecule is CC(=O)N1CCC[C@]1(C)C#CC(=O)O. The van der Waals surface area contributed by atoms with E-state index in [4.69, 9.17) is 5.11 Å². The number of nitrogens with zero attached hydrogens (tertiary/aromatic N) is 1. The quantitative estimate of drug-likeness (QED) is 0.572. The van der Waals surface area contributed by atoms with Gasteiger partial charge in [-0.05, 0) is 19.8 Å². The first-order valence-corrected chi connectivity index (χ1v) is 4.50. The van der Waals surface area contributed by atoms with Gasteiger partial charge in [-0.15, -0.1) is 0 Å². The number of rotatable bonds is 0. The van der Waals surface area contributed by atoms with Crippen molar-refractivity contribution in [2.75, 3.05) is 6.54 Å². The summed E-state index contributed by atoms with van der Waals surface area (Å²) in [4.78, 5) is 23.1. The summed E-state index contributed by atoms with van der Waals surface area (Å²) in [7, 11) is 0. The van der Waals surface area contributed by atoms with Gasteiger partial charge in [-0.2, -0.15) is 0 Å². The van der Waals surface area contributed by atoms with Gasteiger partial charge in [-0.25, -0.2) is 4.79 Å². The van der Waals surface area contributed by atoms with Gasteiger partial charge in [0.25, 0.3) is 0 Å². The molecule has 1 saturated heterocycles. The van der Waals surface area contributed by atoms with Gasteiger partial charge in [0.05, 0.1) is 0 Å². The Labute approximate surface area is 82.9 Å². The number of amides is 1. The second-order valence-corrected chi connectivity index (χ2v) is 3.60. The summed E-state index contributed by atoms with van der Waals surface area (Å²) in [6, 6.07) is 0. The van der Waals surface area contributed by atoms with Crippen LogP contribution >= 0.6 is 0 Å². The van der Waals surface area contributed by atoms with Crippen LogP contribution in [0.4, 0.5) is 0 Å². The summed E-state index contributed by atoms with van der Waals surface area (Å²) in [6.07, 6.45) is 1.62. The van der Waals surface area contributed by atoms with Crippen LogP contribution in [0.5, 0.6) is 0 Å². The number of carboxylic acids is 1. The third-order valence-electron chi connectivity index (χ3n) is 2.46. The van der Waals surface area contributed by atoms with Crippen molar-refractivity contribution in [1.82, 2.24) is 4.90 Å². The van der Waals surface area contributed by atoms with Gasteiger partial charge >= 0.3 is 5.97 Å². The average Bonchev–Trinajstić information content (AvgIpc) is 2.45. The predicted molar refractivity (Wildman–Crippen MR) is 50.4 cm³/mol. The maximum absolute atomic E-state index is 11.2. The molecule has 0 spiro atoms. The number of aliphatic carboxylic acids is 1. The minimum atomic E-state index is -1.15. The molecule has 4 nitrogen and oxygen atoms in total. The van der Waals surface area contributed by atoms with Crippen LogP contribution in [0.15, 0.2) is 0 Å². The van der Waals surface area contributed by atoms with Crippen LogP contribution in [0.25, 0.3) is 0 Å². The van der Waals surface area contributed by atoms with Crippen molar-refractivity contribution in [2.45, 2.75) is 32.2 Å². The number of likely N-dealkylation sites (tertiary alicyclic amines) is 1. The molecule has 1 amide bonds. The number of hydrogen-bond donors (Lipinski definition) is 1. The molecule has 1 N–H and O–H groups in total. The first-order valence-electron chi connectivity index (χ1n) is 4.50. The van der Waals surface area contributed by atoms with E-state index in [0.717, 1.165) is 12.8 Å². The molecule has 0 unspecified atom stereocenters. The fraction of sp³-hybridized carbons (Fsp3) is 0.600. The topological polar surface area (TPSA) is 57.6 Å². The van der Waals surface area contributed by atoms with Crippen molar-refractivity contribution in [3.05, 3.63) is 0 Å². The second-order valence-electron chi connectivity index (χ2n) is 3.60. The molecule has 0 bridgehead atoms. The molecule has 1 aliphatic rings. The normalized spacial score (nSPS) is 25.4. The van der Waals surface area contributed by atoms with Gasteiger partial charge in [0.2, 0.25) is 5.91 Å². The molecule has 0 radical (unpaired) electrons. The van der Waals surface area contributed by atoms with E-state index in [9.17, 15) is 9.59 Å². The highest BCUT2D eigenvalue weighted by atomic mass is 16.4. The summed E-state index contributed by atoms with van der Waals surface area (Å²) in [5.41, 5.74) is -0.593. The molecule has 1 rings (SSSR count). The van der Waals surface area contributed by atoms with Crippen LogP contribution in [0.3, 0.4) is 0 Å². The first-order chi connectivity index (χ1) is 6.46. The van der Waals surface area contributed by atoms with Crippen LogP contribution in [-0.2, 0) is 9.59 Å². The minimum Gasteiger partial charge on any atom is -0.472 e. The van der Waals surface area contributed by atoms with Crippen molar-refractivity contribution < 1.29 is 14.7 Å². The molecule has 1 atom stereocenters. The summed E-state index contributed by atoms with van der Waals surface area (Å²) >= 11 is 0. The van der Waals surface area contributed by atoms with Gasteiger partial charge in [0, 0.05) is 19.4 Å². The van der Waals surface area contributed by atoms with E-state index in [1.54, 1.807) is 11.8 Å². The average molecular weight is 195 g/mol. The highest BCUT2D eigenvalue weighted by Gasteiger charge is 2.36. The number of hydrogen-bond acceptors (Lipinski definition) is 2. The Morgan fingerprint density at radius 1 is 1.50 bits per heavy atom. The van der Waals surface area contributed by atoms with Crippen LogP contribution in [0, 0.1) is 11.8 Å². The zero-order chi connectivity index (χ0) is 10.8. The largest absolute Gasteiger partial charge is 0.472 e. The molecular weight excluding hydrogens is 182 g/mol. The monoisotopic (exact) mass is 195 g/mol. The molecule has 76 valence electrons. The lowest BCUT2D eigenvalue weighted by Crippen LogP contribution is -2.42. The van der Waals surface area contributed by atoms with Crippen LogP contribution < -0.4 is 0 Å². The van der Waals surface area contributed by atoms with Crippen molar-refractivity contribution in [2.24, 2.45) is 0 Å². The van der Waals surface area contributed by atoms with Crippen LogP contribution in [0.1, 0.15) is 26.7 Å². The van der Waals surface area contributed by atoms with E-state index < -0.39 is 11.5 Å². The lowest BCUT2D eigenvalue weighted by Gasteiger charge is -2.29. The molecule has 0 saturated carbocycles. The molecule has 1 aliphatic heterocycles. The standard InChI is InChI=1S/C10H13NO3/c1-8(12)11-7-3-5-10(11,2)6-4-9(13)14/h3,5,7H2,1-2H3,(H,13,14)/t10-/m1/s1. The summed E-state index contributed by atoms with van der Waals surface area (Å²) in [6.45, 7) is 3.95. The van der Waals surface area contributed by atoms with E-state index in [0.29, 0.717) is 6.54 Å². The molecule has 1 fully saturated rings. The maximum atomic E-state index is 11.2. The maximum Gasteiger partial charge on any atom is 0.381 e. The van der Waals surface area contributed by atoms with Gasteiger partial charge in [-0.1, -0.05) is 5.92 Å². The summed E-state index contributed by atoms with van der Waals surface area (Å²) in [5, 5.41) is 8.44.